The molecule has 0 amide bonds. The van der Waals surface area contributed by atoms with Gasteiger partial charge in [-0.15, -0.1) is 0 Å². The van der Waals surface area contributed by atoms with Crippen LogP contribution in [0.25, 0.3) is 0 Å². The van der Waals surface area contributed by atoms with E-state index in [0.717, 1.165) is 24.1 Å². The first-order valence-corrected chi connectivity index (χ1v) is 9.78. The molecular formula is C18H23Cl4NO3. The van der Waals surface area contributed by atoms with Crippen molar-refractivity contribution in [1.82, 2.24) is 0 Å². The van der Waals surface area contributed by atoms with Crippen molar-refractivity contribution >= 4 is 52.1 Å². The van der Waals surface area contributed by atoms with E-state index in [1.165, 1.54) is 0 Å². The van der Waals surface area contributed by atoms with E-state index in [9.17, 15) is 0 Å². The molecule has 0 saturated heterocycles. The van der Waals surface area contributed by atoms with Gasteiger partial charge in [0.05, 0.1) is 22.4 Å². The fourth-order valence-electron chi connectivity index (χ4n) is 2.02. The van der Waals surface area contributed by atoms with E-state index in [2.05, 4.69) is 5.16 Å². The highest BCUT2D eigenvalue weighted by atomic mass is 35.5. The number of hydrogen-bond donors (Lipinski definition) is 0. The van der Waals surface area contributed by atoms with Crippen LogP contribution in [0.15, 0.2) is 21.8 Å². The molecule has 1 rings (SSSR count). The zero-order chi connectivity index (χ0) is 19.5. The monoisotopic (exact) mass is 441 g/mol. The Labute approximate surface area is 175 Å². The zero-order valence-electron chi connectivity index (χ0n) is 15.1. The average Bonchev–Trinajstić information content (AvgIpc) is 2.56. The highest BCUT2D eigenvalue weighted by molar-refractivity contribution is 6.55. The maximum absolute atomic E-state index is 6.46. The second-order valence-electron chi connectivity index (χ2n) is 5.56. The lowest BCUT2D eigenvalue weighted by Crippen LogP contribution is -2.04. The van der Waals surface area contributed by atoms with Crippen molar-refractivity contribution in [2.24, 2.45) is 5.16 Å². The van der Waals surface area contributed by atoms with Gasteiger partial charge in [-0.1, -0.05) is 58.5 Å². The maximum Gasteiger partial charge on any atom is 0.157 e. The third kappa shape index (κ3) is 8.26. The minimum atomic E-state index is 0.143. The lowest BCUT2D eigenvalue weighted by Gasteiger charge is -2.16. The second-order valence-corrected chi connectivity index (χ2v) is 7.36. The molecule has 1 aromatic rings. The minimum absolute atomic E-state index is 0.143. The van der Waals surface area contributed by atoms with Gasteiger partial charge in [-0.05, 0) is 39.2 Å². The number of ether oxygens (including phenoxy) is 2. The Morgan fingerprint density at radius 1 is 1.12 bits per heavy atom. The van der Waals surface area contributed by atoms with E-state index in [1.807, 2.05) is 20.8 Å². The predicted molar refractivity (Wildman–Crippen MR) is 111 cm³/mol. The number of benzene rings is 1. The quantitative estimate of drug-likeness (QED) is 0.214. The van der Waals surface area contributed by atoms with Gasteiger partial charge in [-0.25, -0.2) is 0 Å². The molecule has 0 N–H and O–H groups in total. The highest BCUT2D eigenvalue weighted by Gasteiger charge is 2.17. The predicted octanol–water partition coefficient (Wildman–Crippen LogP) is 6.83. The smallest absolute Gasteiger partial charge is 0.157 e. The van der Waals surface area contributed by atoms with Crippen molar-refractivity contribution in [3.05, 3.63) is 32.2 Å². The van der Waals surface area contributed by atoms with Gasteiger partial charge in [0.1, 0.15) is 23.5 Å². The molecule has 4 nitrogen and oxygen atoms in total. The molecule has 0 aliphatic carbocycles. The van der Waals surface area contributed by atoms with Gasteiger partial charge in [0.15, 0.2) is 5.75 Å². The standard InChI is InChI=1S/C18H23Cl4NO3/c1-4-13-15(24-10-7-16(20)21)11-14(19)18(17(13)22)25-8-5-6-9-26-23-12(2)3/h7,11H,4-6,8-10H2,1-3H3. The Hall–Kier alpha value is -0.810. The molecule has 1 aromatic carbocycles. The number of hydrogen-bond acceptors (Lipinski definition) is 4. The molecule has 26 heavy (non-hydrogen) atoms. The molecule has 146 valence electrons. The topological polar surface area (TPSA) is 40.0 Å². The third-order valence-electron chi connectivity index (χ3n) is 3.19. The summed E-state index contributed by atoms with van der Waals surface area (Å²) in [6.45, 7) is 6.98. The summed E-state index contributed by atoms with van der Waals surface area (Å²) in [4.78, 5) is 5.14. The normalized spacial score (nSPS) is 10.3. The Bertz CT molecular complexity index is 640. The third-order valence-corrected chi connectivity index (χ3v) is 4.18. The van der Waals surface area contributed by atoms with Crippen LogP contribution < -0.4 is 9.47 Å². The number of nitrogens with zero attached hydrogens (tertiary/aromatic N) is 1. The van der Waals surface area contributed by atoms with Crippen LogP contribution >= 0.6 is 46.4 Å². The second kappa shape index (κ2) is 12.6. The van der Waals surface area contributed by atoms with E-state index in [1.54, 1.807) is 12.1 Å². The van der Waals surface area contributed by atoms with Crippen LogP contribution in [-0.2, 0) is 11.3 Å². The molecular weight excluding hydrogens is 420 g/mol. The summed E-state index contributed by atoms with van der Waals surface area (Å²) >= 11 is 23.9. The fraction of sp³-hybridized carbons (Fsp3) is 0.500. The van der Waals surface area contributed by atoms with Gasteiger partial charge in [0.25, 0.3) is 0 Å². The lowest BCUT2D eigenvalue weighted by molar-refractivity contribution is 0.135. The van der Waals surface area contributed by atoms with Gasteiger partial charge in [-0.3, -0.25) is 0 Å². The SMILES string of the molecule is CCc1c(OCC=C(Cl)Cl)cc(Cl)c(OCCCCON=C(C)C)c1Cl. The molecule has 8 heteroatoms. The van der Waals surface area contributed by atoms with Crippen LogP contribution in [-0.4, -0.2) is 25.5 Å². The maximum atomic E-state index is 6.46. The van der Waals surface area contributed by atoms with E-state index in [4.69, 9.17) is 60.7 Å². The van der Waals surface area contributed by atoms with Gasteiger partial charge in [-0.2, -0.15) is 0 Å². The molecule has 0 fully saturated rings. The summed E-state index contributed by atoms with van der Waals surface area (Å²) in [5, 5.41) is 4.73. The number of unbranched alkanes of at least 4 members (excludes halogenated alkanes) is 1. The largest absolute Gasteiger partial charge is 0.490 e. The Balaban J connectivity index is 2.66. The summed E-state index contributed by atoms with van der Waals surface area (Å²) in [5.41, 5.74) is 1.71. The van der Waals surface area contributed by atoms with Crippen molar-refractivity contribution in [2.75, 3.05) is 19.8 Å². The molecule has 0 radical (unpaired) electrons. The molecule has 0 unspecified atom stereocenters. The first-order valence-electron chi connectivity index (χ1n) is 8.27. The average molecular weight is 443 g/mol. The van der Waals surface area contributed by atoms with Crippen LogP contribution in [0.1, 0.15) is 39.2 Å². The summed E-state index contributed by atoms with van der Waals surface area (Å²) in [6, 6.07) is 1.69. The van der Waals surface area contributed by atoms with Gasteiger partial charge >= 0.3 is 0 Å². The van der Waals surface area contributed by atoms with Gasteiger partial charge < -0.3 is 14.3 Å². The number of rotatable bonds is 11. The summed E-state index contributed by atoms with van der Waals surface area (Å²) in [5.74, 6) is 1.05. The van der Waals surface area contributed by atoms with E-state index < -0.39 is 0 Å². The van der Waals surface area contributed by atoms with Crippen molar-refractivity contribution in [1.29, 1.82) is 0 Å². The molecule has 0 saturated carbocycles. The van der Waals surface area contributed by atoms with Crippen molar-refractivity contribution in [3.63, 3.8) is 0 Å². The number of halogens is 4. The van der Waals surface area contributed by atoms with Crippen molar-refractivity contribution in [2.45, 2.75) is 40.0 Å². The molecule has 0 aliphatic rings. The van der Waals surface area contributed by atoms with Crippen LogP contribution in [0.2, 0.25) is 10.0 Å². The molecule has 0 spiro atoms. The summed E-state index contributed by atoms with van der Waals surface area (Å²) < 4.78 is 11.6. The molecule has 0 heterocycles. The van der Waals surface area contributed by atoms with E-state index in [0.29, 0.717) is 41.2 Å². The van der Waals surface area contributed by atoms with Gasteiger partial charge in [0, 0.05) is 11.6 Å². The Morgan fingerprint density at radius 2 is 1.81 bits per heavy atom. The zero-order valence-corrected chi connectivity index (χ0v) is 18.1. The first-order chi connectivity index (χ1) is 12.4. The fourth-order valence-corrected chi connectivity index (χ4v) is 2.83. The Kier molecular flexibility index (Phi) is 11.2. The Morgan fingerprint density at radius 3 is 2.42 bits per heavy atom. The molecule has 0 atom stereocenters. The molecule has 0 aliphatic heterocycles. The molecule has 0 aromatic heterocycles. The summed E-state index contributed by atoms with van der Waals surface area (Å²) in [6.07, 6.45) is 3.83. The minimum Gasteiger partial charge on any atom is -0.490 e. The van der Waals surface area contributed by atoms with E-state index >= 15 is 0 Å². The summed E-state index contributed by atoms with van der Waals surface area (Å²) in [7, 11) is 0. The van der Waals surface area contributed by atoms with Crippen LogP contribution in [0.4, 0.5) is 0 Å². The van der Waals surface area contributed by atoms with Crippen molar-refractivity contribution < 1.29 is 14.3 Å². The van der Waals surface area contributed by atoms with Gasteiger partial charge in [0.2, 0.25) is 0 Å². The van der Waals surface area contributed by atoms with Crippen molar-refractivity contribution in [3.8, 4) is 11.5 Å². The van der Waals surface area contributed by atoms with Crippen LogP contribution in [0.5, 0.6) is 11.5 Å². The highest BCUT2D eigenvalue weighted by Crippen LogP contribution is 2.41. The van der Waals surface area contributed by atoms with E-state index in [-0.39, 0.29) is 11.1 Å². The van der Waals surface area contributed by atoms with Crippen LogP contribution in [0, 0.1) is 0 Å². The molecule has 0 bridgehead atoms. The number of oxime groups is 1. The van der Waals surface area contributed by atoms with Crippen LogP contribution in [0.3, 0.4) is 0 Å². The first kappa shape index (κ1) is 23.2. The lowest BCUT2D eigenvalue weighted by atomic mass is 10.1.